The van der Waals surface area contributed by atoms with Crippen LogP contribution in [0.2, 0.25) is 0 Å². The largest absolute Gasteiger partial charge is 0.416 e. The van der Waals surface area contributed by atoms with Gasteiger partial charge in [-0.15, -0.1) is 0 Å². The van der Waals surface area contributed by atoms with E-state index in [0.717, 1.165) is 58.9 Å². The molecule has 328 valence electrons. The third kappa shape index (κ3) is 8.30. The molecule has 0 unspecified atom stereocenters. The van der Waals surface area contributed by atoms with Crippen LogP contribution in [0.3, 0.4) is 0 Å². The zero-order chi connectivity index (χ0) is 45.0. The lowest BCUT2D eigenvalue weighted by atomic mass is 9.90. The minimum absolute atomic E-state index is 0.0498. The molecule has 19 heteroatoms. The number of ether oxygens (including phenoxy) is 1. The average molecular weight is 892 g/mol. The minimum atomic E-state index is -4.61. The third-order valence-electron chi connectivity index (χ3n) is 11.1. The Kier molecular flexibility index (Phi) is 11.2. The summed E-state index contributed by atoms with van der Waals surface area (Å²) in [5.41, 5.74) is 2.74. The number of carbonyl (C=O) groups excluding carboxylic acids is 1. The minimum Gasteiger partial charge on any atom is -0.377 e. The molecule has 2 N–H and O–H groups in total. The first-order valence-corrected chi connectivity index (χ1v) is 21.1. The van der Waals surface area contributed by atoms with Crippen molar-refractivity contribution in [3.63, 3.8) is 0 Å². The molecule has 2 aromatic heterocycles. The highest BCUT2D eigenvalue weighted by atomic mass is 32.2. The van der Waals surface area contributed by atoms with E-state index >= 15 is 0 Å². The molecule has 63 heavy (non-hydrogen) atoms. The molecule has 0 aliphatic carbocycles. The molecule has 1 amide bonds. The number of allylic oxidation sites excluding steroid dienone is 2. The lowest BCUT2D eigenvalue weighted by Crippen LogP contribution is -2.36. The fraction of sp³-hybridized carbons (Fsp3) is 0.250. The number of fused-ring (bicyclic) bond motifs is 5. The average Bonchev–Trinajstić information content (AvgIpc) is 3.69. The second-order valence-corrected chi connectivity index (χ2v) is 17.0. The number of nitrogens with one attached hydrogen (secondary N) is 2. The summed E-state index contributed by atoms with van der Waals surface area (Å²) in [5.74, 6) is -0.377. The van der Waals surface area contributed by atoms with Crippen molar-refractivity contribution in [2.75, 3.05) is 38.8 Å². The summed E-state index contributed by atoms with van der Waals surface area (Å²) in [6, 6.07) is 17.8. The molecule has 0 saturated heterocycles. The Balaban J connectivity index is 0.997. The maximum atomic E-state index is 14.2. The Morgan fingerprint density at radius 3 is 2.22 bits per heavy atom. The van der Waals surface area contributed by atoms with E-state index in [1.54, 1.807) is 25.1 Å². The van der Waals surface area contributed by atoms with Gasteiger partial charge in [-0.25, -0.2) is 18.1 Å². The van der Waals surface area contributed by atoms with Crippen LogP contribution in [0, 0.1) is 0 Å². The Bertz CT molecular complexity index is 3000. The van der Waals surface area contributed by atoms with Crippen LogP contribution >= 0.6 is 0 Å². The van der Waals surface area contributed by atoms with Crippen molar-refractivity contribution >= 4 is 54.8 Å². The van der Waals surface area contributed by atoms with Gasteiger partial charge in [0.1, 0.15) is 11.0 Å². The number of likely N-dealkylation sites (N-methyl/N-ethyl adjacent to an activating group) is 1. The van der Waals surface area contributed by atoms with E-state index in [4.69, 9.17) is 4.74 Å². The SMILES string of the molecule is CNS(=O)(=O)c1ccc2c(c1)c1ncn(CCOC[C@H](C)NC(=O)c3ccc4c(c3)C3=C(CN4c4ccc(C(F)(F)F)cc4)N(C)C=CC3)c1c(=O)n2-c1ccc(C(F)(F)F)cc1. The Labute approximate surface area is 356 Å². The van der Waals surface area contributed by atoms with Gasteiger partial charge in [0.15, 0.2) is 0 Å². The highest BCUT2D eigenvalue weighted by Crippen LogP contribution is 2.44. The molecule has 0 fully saturated rings. The van der Waals surface area contributed by atoms with E-state index in [-0.39, 0.29) is 58.2 Å². The first-order valence-electron chi connectivity index (χ1n) is 19.6. The van der Waals surface area contributed by atoms with Gasteiger partial charge < -0.3 is 24.4 Å². The number of hydrogen-bond acceptors (Lipinski definition) is 8. The number of benzene rings is 4. The fourth-order valence-corrected chi connectivity index (χ4v) is 8.63. The number of halogens is 6. The number of nitrogens with zero attached hydrogens (tertiary/aromatic N) is 5. The summed E-state index contributed by atoms with van der Waals surface area (Å²) in [6.07, 6.45) is -3.15. The van der Waals surface area contributed by atoms with E-state index < -0.39 is 45.1 Å². The van der Waals surface area contributed by atoms with E-state index in [1.165, 1.54) is 52.8 Å². The number of carbonyl (C=O) groups is 1. The van der Waals surface area contributed by atoms with Gasteiger partial charge in [0.05, 0.1) is 47.6 Å². The summed E-state index contributed by atoms with van der Waals surface area (Å²) in [6.45, 7) is 2.38. The van der Waals surface area contributed by atoms with Crippen LogP contribution < -0.4 is 20.5 Å². The number of aromatic nitrogens is 3. The van der Waals surface area contributed by atoms with Crippen LogP contribution in [0.25, 0.3) is 33.2 Å². The zero-order valence-electron chi connectivity index (χ0n) is 33.9. The van der Waals surface area contributed by atoms with Gasteiger partial charge in [-0.2, -0.15) is 26.3 Å². The van der Waals surface area contributed by atoms with Crippen molar-refractivity contribution < 1.29 is 44.3 Å². The van der Waals surface area contributed by atoms with Crippen LogP contribution in [0.4, 0.5) is 37.7 Å². The number of sulfonamides is 1. The van der Waals surface area contributed by atoms with Gasteiger partial charge in [0.2, 0.25) is 10.0 Å². The number of hydrogen-bond donors (Lipinski definition) is 2. The Morgan fingerprint density at radius 1 is 0.905 bits per heavy atom. The van der Waals surface area contributed by atoms with Gasteiger partial charge in [-0.1, -0.05) is 6.08 Å². The van der Waals surface area contributed by atoms with Gasteiger partial charge in [-0.3, -0.25) is 14.2 Å². The lowest BCUT2D eigenvalue weighted by molar-refractivity contribution is -0.138. The molecule has 0 radical (unpaired) electrons. The van der Waals surface area contributed by atoms with E-state index in [2.05, 4.69) is 15.0 Å². The Hall–Kier alpha value is -6.44. The standard InChI is InChI=1S/C44H39F6N7O5S/c1-26(53-41(58)27-6-16-36-34(21-27)33-5-4-18-54(3)38(33)23-56(36)30-11-7-28(8-12-30)43(45,46)47)24-62-20-19-55-25-52-39-35-22-32(63(60,61)51-2)15-17-37(35)57(42(59)40(39)55)31-13-9-29(10-14-31)44(48,49)50/h4,6-18,21-22,25-26,51H,5,19-20,23-24H2,1-3H3,(H,53,58)/t26-/m0/s1. The fourth-order valence-electron chi connectivity index (χ4n) is 7.87. The molecule has 8 rings (SSSR count). The van der Waals surface area contributed by atoms with Gasteiger partial charge in [0, 0.05) is 58.9 Å². The quantitative estimate of drug-likeness (QED) is 0.0995. The molecule has 0 bridgehead atoms. The second-order valence-electron chi connectivity index (χ2n) is 15.1. The summed E-state index contributed by atoms with van der Waals surface area (Å²) < 4.78 is 117. The summed E-state index contributed by atoms with van der Waals surface area (Å²) in [5, 5.41) is 3.21. The summed E-state index contributed by atoms with van der Waals surface area (Å²) in [4.78, 5) is 36.0. The molecule has 6 aromatic rings. The molecule has 1 atom stereocenters. The lowest BCUT2D eigenvalue weighted by Gasteiger charge is -2.39. The number of pyridine rings is 1. The molecular weight excluding hydrogens is 853 g/mol. The van der Waals surface area contributed by atoms with Crippen molar-refractivity contribution in [3.8, 4) is 5.69 Å². The maximum absolute atomic E-state index is 14.2. The van der Waals surface area contributed by atoms with Crippen LogP contribution in [0.5, 0.6) is 0 Å². The molecule has 4 aromatic carbocycles. The number of anilines is 2. The third-order valence-corrected chi connectivity index (χ3v) is 12.5. The number of rotatable bonds is 11. The first-order chi connectivity index (χ1) is 29.9. The number of alkyl halides is 6. The molecule has 2 aliphatic rings. The van der Waals surface area contributed by atoms with Crippen LogP contribution in [0.1, 0.15) is 40.4 Å². The van der Waals surface area contributed by atoms with Crippen molar-refractivity contribution in [3.05, 3.63) is 142 Å². The van der Waals surface area contributed by atoms with Crippen molar-refractivity contribution in [1.82, 2.24) is 29.1 Å². The molecule has 0 saturated carbocycles. The predicted molar refractivity (Wildman–Crippen MR) is 225 cm³/mol. The van der Waals surface area contributed by atoms with E-state index in [0.29, 0.717) is 24.2 Å². The molecule has 12 nitrogen and oxygen atoms in total. The number of amides is 1. The smallest absolute Gasteiger partial charge is 0.377 e. The number of imidazole rings is 1. The second kappa shape index (κ2) is 16.4. The maximum Gasteiger partial charge on any atom is 0.416 e. The monoisotopic (exact) mass is 891 g/mol. The summed E-state index contributed by atoms with van der Waals surface area (Å²) in [7, 11) is -0.784. The predicted octanol–water partition coefficient (Wildman–Crippen LogP) is 7.83. The molecule has 4 heterocycles. The normalized spacial score (nSPS) is 14.9. The van der Waals surface area contributed by atoms with Crippen LogP contribution in [-0.4, -0.2) is 73.2 Å². The van der Waals surface area contributed by atoms with Gasteiger partial charge in [-0.05, 0) is 117 Å². The topological polar surface area (TPSA) is 131 Å². The van der Waals surface area contributed by atoms with Crippen molar-refractivity contribution in [1.29, 1.82) is 0 Å². The van der Waals surface area contributed by atoms with Crippen molar-refractivity contribution in [2.45, 2.75) is 43.2 Å². The first kappa shape index (κ1) is 43.2. The van der Waals surface area contributed by atoms with Gasteiger partial charge >= 0.3 is 12.4 Å². The van der Waals surface area contributed by atoms with Crippen LogP contribution in [0.15, 0.2) is 119 Å². The highest BCUT2D eigenvalue weighted by Gasteiger charge is 2.33. The molecule has 2 aliphatic heterocycles. The summed E-state index contributed by atoms with van der Waals surface area (Å²) >= 11 is 0. The van der Waals surface area contributed by atoms with Gasteiger partial charge in [0.25, 0.3) is 11.5 Å². The van der Waals surface area contributed by atoms with Crippen molar-refractivity contribution in [2.24, 2.45) is 0 Å². The van der Waals surface area contributed by atoms with Crippen LogP contribution in [-0.2, 0) is 33.7 Å². The highest BCUT2D eigenvalue weighted by molar-refractivity contribution is 7.89. The Morgan fingerprint density at radius 2 is 1.57 bits per heavy atom. The zero-order valence-corrected chi connectivity index (χ0v) is 34.7. The molecule has 0 spiro atoms. The van der Waals surface area contributed by atoms with E-state index in [1.807, 2.05) is 29.1 Å². The molecular formula is C44H39F6N7O5S. The van der Waals surface area contributed by atoms with E-state index in [9.17, 15) is 44.3 Å².